The van der Waals surface area contributed by atoms with Gasteiger partial charge in [-0.1, -0.05) is 0 Å². The van der Waals surface area contributed by atoms with Crippen molar-refractivity contribution >= 4 is 29.4 Å². The van der Waals surface area contributed by atoms with Crippen LogP contribution in [0.5, 0.6) is 0 Å². The quantitative estimate of drug-likeness (QED) is 0.484. The highest BCUT2D eigenvalue weighted by molar-refractivity contribution is 5.87. The predicted molar refractivity (Wildman–Crippen MR) is 101 cm³/mol. The van der Waals surface area contributed by atoms with Gasteiger partial charge in [-0.2, -0.15) is 4.98 Å². The first-order valence-corrected chi connectivity index (χ1v) is 8.72. The van der Waals surface area contributed by atoms with Crippen molar-refractivity contribution < 1.29 is 4.39 Å². The fourth-order valence-electron chi connectivity index (χ4n) is 4.05. The summed E-state index contributed by atoms with van der Waals surface area (Å²) < 4.78 is 14.2. The Kier molecular flexibility index (Phi) is 4.20. The van der Waals surface area contributed by atoms with Crippen molar-refractivity contribution in [2.45, 2.75) is 24.9 Å². The number of nitrogens with two attached hydrogens (primary N) is 1. The van der Waals surface area contributed by atoms with Crippen LogP contribution in [0.15, 0.2) is 24.4 Å². The fraction of sp³-hybridized carbons (Fsp3) is 0.389. The highest BCUT2D eigenvalue weighted by Gasteiger charge is 2.45. The van der Waals surface area contributed by atoms with Crippen LogP contribution in [0.25, 0.3) is 0 Å². The van der Waals surface area contributed by atoms with Crippen LogP contribution in [0.1, 0.15) is 18.4 Å². The minimum atomic E-state index is -0.514. The summed E-state index contributed by atoms with van der Waals surface area (Å²) in [5.74, 6) is 0.754. The van der Waals surface area contributed by atoms with Crippen LogP contribution in [0, 0.1) is 17.1 Å². The Morgan fingerprint density at radius 2 is 2.23 bits per heavy atom. The minimum Gasteiger partial charge on any atom is -0.398 e. The summed E-state index contributed by atoms with van der Waals surface area (Å²) in [6.45, 7) is 0.890. The van der Waals surface area contributed by atoms with Crippen LogP contribution >= 0.6 is 0 Å². The molecule has 8 heteroatoms. The highest BCUT2D eigenvalue weighted by atomic mass is 19.1. The molecule has 0 radical (unpaired) electrons. The second-order valence-corrected chi connectivity index (χ2v) is 6.91. The lowest BCUT2D eigenvalue weighted by atomic mass is 10.0. The number of halogens is 1. The SMILES string of the molecule is CNC1CC2CC1CN2c1ncc(F)c(Nc2ccc(N)c(C=N)c2)n1. The second-order valence-electron chi connectivity index (χ2n) is 6.91. The van der Waals surface area contributed by atoms with E-state index in [2.05, 4.69) is 25.5 Å². The third-order valence-electron chi connectivity index (χ3n) is 5.41. The van der Waals surface area contributed by atoms with E-state index in [-0.39, 0.29) is 5.82 Å². The largest absolute Gasteiger partial charge is 0.398 e. The molecule has 1 aromatic carbocycles. The summed E-state index contributed by atoms with van der Waals surface area (Å²) in [4.78, 5) is 10.8. The third kappa shape index (κ3) is 2.86. The first-order chi connectivity index (χ1) is 12.6. The molecule has 2 aromatic rings. The van der Waals surface area contributed by atoms with Gasteiger partial charge in [0.15, 0.2) is 11.6 Å². The van der Waals surface area contributed by atoms with Crippen molar-refractivity contribution in [1.82, 2.24) is 15.3 Å². The Balaban J connectivity index is 1.57. The van der Waals surface area contributed by atoms with Crippen molar-refractivity contribution in [3.05, 3.63) is 35.8 Å². The van der Waals surface area contributed by atoms with Gasteiger partial charge in [-0.05, 0) is 44.0 Å². The number of nitrogen functional groups attached to an aromatic ring is 1. The maximum Gasteiger partial charge on any atom is 0.227 e. The average Bonchev–Trinajstić information content (AvgIpc) is 3.25. The van der Waals surface area contributed by atoms with E-state index in [1.54, 1.807) is 18.2 Å². The van der Waals surface area contributed by atoms with E-state index in [0.717, 1.165) is 19.4 Å². The number of hydrogen-bond acceptors (Lipinski definition) is 7. The predicted octanol–water partition coefficient (Wildman–Crippen LogP) is 2.13. The molecule has 7 nitrogen and oxygen atoms in total. The number of anilines is 4. The zero-order chi connectivity index (χ0) is 18.3. The Morgan fingerprint density at radius 3 is 2.92 bits per heavy atom. The molecule has 5 N–H and O–H groups in total. The summed E-state index contributed by atoms with van der Waals surface area (Å²) in [6, 6.07) is 6.05. The number of aromatic nitrogens is 2. The number of benzene rings is 1. The van der Waals surface area contributed by atoms with E-state index < -0.39 is 5.82 Å². The first-order valence-electron chi connectivity index (χ1n) is 8.72. The Bertz CT molecular complexity index is 840. The maximum atomic E-state index is 14.2. The lowest BCUT2D eigenvalue weighted by Crippen LogP contribution is -2.43. The summed E-state index contributed by atoms with van der Waals surface area (Å²) in [5.41, 5.74) is 7.49. The molecule has 1 aliphatic heterocycles. The van der Waals surface area contributed by atoms with Crippen molar-refractivity contribution in [1.29, 1.82) is 5.41 Å². The van der Waals surface area contributed by atoms with Crippen LogP contribution in [0.2, 0.25) is 0 Å². The smallest absolute Gasteiger partial charge is 0.227 e. The molecule has 3 unspecified atom stereocenters. The fourth-order valence-corrected chi connectivity index (χ4v) is 4.05. The van der Waals surface area contributed by atoms with Gasteiger partial charge in [0.05, 0.1) is 6.20 Å². The topological polar surface area (TPSA) is 103 Å². The molecule has 3 atom stereocenters. The lowest BCUT2D eigenvalue weighted by molar-refractivity contribution is 0.411. The van der Waals surface area contributed by atoms with Crippen molar-refractivity contribution in [2.24, 2.45) is 5.92 Å². The number of nitrogens with one attached hydrogen (secondary N) is 3. The number of fused-ring (bicyclic) bond motifs is 2. The Morgan fingerprint density at radius 1 is 1.38 bits per heavy atom. The van der Waals surface area contributed by atoms with Gasteiger partial charge in [0.1, 0.15) is 0 Å². The normalized spacial score (nSPS) is 24.1. The number of nitrogens with zero attached hydrogens (tertiary/aromatic N) is 3. The van der Waals surface area contributed by atoms with E-state index >= 15 is 0 Å². The van der Waals surface area contributed by atoms with E-state index in [4.69, 9.17) is 11.1 Å². The molecule has 2 aliphatic rings. The van der Waals surface area contributed by atoms with Gasteiger partial charge in [0.25, 0.3) is 0 Å². The second kappa shape index (κ2) is 6.53. The van der Waals surface area contributed by atoms with Crippen LogP contribution in [0.4, 0.5) is 27.5 Å². The number of hydrogen-bond donors (Lipinski definition) is 4. The summed E-state index contributed by atoms with van der Waals surface area (Å²) in [5, 5.41) is 13.7. The van der Waals surface area contributed by atoms with Crippen LogP contribution in [-0.4, -0.2) is 41.9 Å². The molecule has 1 aromatic heterocycles. The number of piperidine rings is 1. The van der Waals surface area contributed by atoms with Crippen molar-refractivity contribution in [3.63, 3.8) is 0 Å². The molecule has 4 rings (SSSR count). The molecule has 26 heavy (non-hydrogen) atoms. The zero-order valence-corrected chi connectivity index (χ0v) is 14.5. The van der Waals surface area contributed by atoms with Gasteiger partial charge in [-0.25, -0.2) is 9.37 Å². The van der Waals surface area contributed by atoms with Gasteiger partial charge in [0.2, 0.25) is 5.95 Å². The van der Waals surface area contributed by atoms with Gasteiger partial charge in [-0.15, -0.1) is 0 Å². The highest BCUT2D eigenvalue weighted by Crippen LogP contribution is 2.39. The third-order valence-corrected chi connectivity index (χ3v) is 5.41. The Labute approximate surface area is 151 Å². The summed E-state index contributed by atoms with van der Waals surface area (Å²) in [7, 11) is 2.00. The zero-order valence-electron chi connectivity index (χ0n) is 14.5. The molecule has 2 bridgehead atoms. The van der Waals surface area contributed by atoms with Crippen molar-refractivity contribution in [2.75, 3.05) is 29.5 Å². The van der Waals surface area contributed by atoms with Crippen molar-refractivity contribution in [3.8, 4) is 0 Å². The molecule has 1 saturated carbocycles. The van der Waals surface area contributed by atoms with Gasteiger partial charge >= 0.3 is 0 Å². The number of rotatable bonds is 5. The molecule has 2 fully saturated rings. The van der Waals surface area contributed by atoms with E-state index in [1.165, 1.54) is 12.4 Å². The maximum absolute atomic E-state index is 14.2. The molecule has 136 valence electrons. The summed E-state index contributed by atoms with van der Waals surface area (Å²) in [6.07, 6.45) is 4.56. The standard InChI is InChI=1S/C18H22FN7/c1-22-16-6-13-5-11(16)9-26(13)18-23-8-14(19)17(25-18)24-12-2-3-15(21)10(4-12)7-20/h2-4,7-8,11,13,16,20,22H,5-6,9,21H2,1H3,(H,23,24,25). The van der Waals surface area contributed by atoms with Gasteiger partial charge < -0.3 is 26.7 Å². The molecule has 0 amide bonds. The lowest BCUT2D eigenvalue weighted by Gasteiger charge is -2.31. The molecular weight excluding hydrogens is 333 g/mol. The van der Waals surface area contributed by atoms with Crippen LogP contribution < -0.4 is 21.3 Å². The monoisotopic (exact) mass is 355 g/mol. The minimum absolute atomic E-state index is 0.128. The van der Waals surface area contributed by atoms with Crippen LogP contribution in [-0.2, 0) is 0 Å². The van der Waals surface area contributed by atoms with E-state index in [9.17, 15) is 4.39 Å². The van der Waals surface area contributed by atoms with E-state index in [1.807, 2.05) is 7.05 Å². The van der Waals surface area contributed by atoms with Gasteiger partial charge in [0, 0.05) is 41.8 Å². The van der Waals surface area contributed by atoms with Gasteiger partial charge in [-0.3, -0.25) is 0 Å². The first kappa shape index (κ1) is 16.7. The Hall–Kier alpha value is -2.74. The summed E-state index contributed by atoms with van der Waals surface area (Å²) >= 11 is 0. The molecule has 1 aliphatic carbocycles. The molecular formula is C18H22FN7. The van der Waals surface area contributed by atoms with E-state index in [0.29, 0.717) is 40.9 Å². The molecule has 2 heterocycles. The average molecular weight is 355 g/mol. The molecule has 0 spiro atoms. The molecule has 1 saturated heterocycles. The van der Waals surface area contributed by atoms with Crippen LogP contribution in [0.3, 0.4) is 0 Å².